The van der Waals surface area contributed by atoms with Crippen LogP contribution >= 0.6 is 31.9 Å². The normalized spacial score (nSPS) is 11.7. The second-order valence-corrected chi connectivity index (χ2v) is 12.1. The molecule has 2 aromatic carbocycles. The summed E-state index contributed by atoms with van der Waals surface area (Å²) in [5, 5.41) is 5.59. The van der Waals surface area contributed by atoms with Crippen LogP contribution in [0.25, 0.3) is 0 Å². The van der Waals surface area contributed by atoms with E-state index in [9.17, 15) is 9.59 Å². The fourth-order valence-corrected chi connectivity index (χ4v) is 4.09. The van der Waals surface area contributed by atoms with Gasteiger partial charge in [0.2, 0.25) is 0 Å². The number of hydrogen-bond donors (Lipinski definition) is 2. The van der Waals surface area contributed by atoms with E-state index in [4.69, 9.17) is 9.47 Å². The summed E-state index contributed by atoms with van der Waals surface area (Å²) in [4.78, 5) is 24.1. The van der Waals surface area contributed by atoms with E-state index in [1.54, 1.807) is 0 Å². The van der Waals surface area contributed by atoms with Gasteiger partial charge in [0.25, 0.3) is 11.8 Å². The Morgan fingerprint density at radius 2 is 1.09 bits per heavy atom. The smallest absolute Gasteiger partial charge is 0.257 e. The predicted molar refractivity (Wildman–Crippen MR) is 147 cm³/mol. The first kappa shape index (κ1) is 29.2. The zero-order valence-electron chi connectivity index (χ0n) is 21.4. The Hall–Kier alpha value is -2.06. The highest BCUT2D eigenvalue weighted by Gasteiger charge is 2.17. The maximum atomic E-state index is 12.1. The summed E-state index contributed by atoms with van der Waals surface area (Å²) in [6, 6.07) is 11.8. The monoisotopic (exact) mass is 610 g/mol. The van der Waals surface area contributed by atoms with Crippen LogP contribution in [0, 0.1) is 0 Å². The number of benzene rings is 2. The van der Waals surface area contributed by atoms with Gasteiger partial charge in [-0.1, -0.05) is 53.7 Å². The van der Waals surface area contributed by atoms with Crippen molar-refractivity contribution in [3.8, 4) is 11.5 Å². The van der Waals surface area contributed by atoms with Gasteiger partial charge < -0.3 is 20.1 Å². The lowest BCUT2D eigenvalue weighted by molar-refractivity contribution is -0.123. The average Bonchev–Trinajstić information content (AvgIpc) is 2.75. The third-order valence-corrected chi connectivity index (χ3v) is 6.55. The van der Waals surface area contributed by atoms with Crippen molar-refractivity contribution in [3.63, 3.8) is 0 Å². The van der Waals surface area contributed by atoms with Crippen LogP contribution in [0.5, 0.6) is 11.5 Å². The Morgan fingerprint density at radius 1 is 0.714 bits per heavy atom. The van der Waals surface area contributed by atoms with Crippen molar-refractivity contribution >= 4 is 43.7 Å². The third-order valence-electron chi connectivity index (χ3n) is 5.31. The van der Waals surface area contributed by atoms with Crippen molar-refractivity contribution in [2.24, 2.45) is 0 Å². The molecule has 192 valence electrons. The maximum absolute atomic E-state index is 12.1. The first-order valence-electron chi connectivity index (χ1n) is 11.7. The van der Waals surface area contributed by atoms with Crippen LogP contribution in [0.1, 0.15) is 59.1 Å². The van der Waals surface area contributed by atoms with E-state index in [0.717, 1.165) is 8.95 Å². The molecule has 0 unspecified atom stereocenters. The zero-order valence-corrected chi connectivity index (χ0v) is 24.6. The van der Waals surface area contributed by atoms with Crippen LogP contribution in [-0.2, 0) is 20.4 Å². The average molecular weight is 612 g/mol. The number of nitrogens with one attached hydrogen (secondary N) is 2. The quantitative estimate of drug-likeness (QED) is 0.329. The molecule has 0 aliphatic heterocycles. The van der Waals surface area contributed by atoms with Crippen molar-refractivity contribution < 1.29 is 19.1 Å². The van der Waals surface area contributed by atoms with Gasteiger partial charge in [0.1, 0.15) is 11.5 Å². The molecule has 0 bridgehead atoms. The van der Waals surface area contributed by atoms with Crippen LogP contribution in [-0.4, -0.2) is 38.1 Å². The molecule has 0 atom stereocenters. The van der Waals surface area contributed by atoms with Crippen molar-refractivity contribution in [2.75, 3.05) is 26.3 Å². The maximum Gasteiger partial charge on any atom is 0.257 e. The number of carbonyl (C=O) groups is 2. The van der Waals surface area contributed by atoms with Gasteiger partial charge >= 0.3 is 0 Å². The van der Waals surface area contributed by atoms with Crippen molar-refractivity contribution in [3.05, 3.63) is 56.5 Å². The van der Waals surface area contributed by atoms with Crippen molar-refractivity contribution in [1.82, 2.24) is 10.6 Å². The summed E-state index contributed by atoms with van der Waals surface area (Å²) in [5.41, 5.74) is 2.43. The van der Waals surface area contributed by atoms with E-state index in [1.807, 2.05) is 36.4 Å². The van der Waals surface area contributed by atoms with E-state index < -0.39 is 0 Å². The van der Waals surface area contributed by atoms with Gasteiger partial charge in [0.05, 0.1) is 8.95 Å². The molecule has 0 saturated carbocycles. The van der Waals surface area contributed by atoms with Gasteiger partial charge in [0, 0.05) is 13.1 Å². The van der Waals surface area contributed by atoms with Crippen molar-refractivity contribution in [2.45, 2.75) is 58.8 Å². The molecule has 0 spiro atoms. The lowest BCUT2D eigenvalue weighted by Gasteiger charge is -2.20. The molecule has 2 aromatic rings. The van der Waals surface area contributed by atoms with Crippen molar-refractivity contribution in [1.29, 1.82) is 0 Å². The molecule has 8 heteroatoms. The summed E-state index contributed by atoms with van der Waals surface area (Å²) in [6.45, 7) is 13.6. The SMILES string of the molecule is CC(C)(C)c1ccc(OCC(=O)NCCCNC(=O)COc2ccc(C(C)(C)C)cc2Br)c(Br)c1. The molecule has 0 heterocycles. The minimum Gasteiger partial charge on any atom is -0.483 e. The standard InChI is InChI=1S/C27H36Br2N2O4/c1-26(2,3)18-8-10-22(20(28)14-18)34-16-24(32)30-12-7-13-31-25(33)17-35-23-11-9-19(15-21(23)29)27(4,5)6/h8-11,14-15H,7,12-13,16-17H2,1-6H3,(H,30,32)(H,31,33). The zero-order chi connectivity index (χ0) is 26.2. The van der Waals surface area contributed by atoms with E-state index in [1.165, 1.54) is 11.1 Å². The second-order valence-electron chi connectivity index (χ2n) is 10.4. The highest BCUT2D eigenvalue weighted by molar-refractivity contribution is 9.10. The van der Waals surface area contributed by atoms with Crippen LogP contribution < -0.4 is 20.1 Å². The lowest BCUT2D eigenvalue weighted by Crippen LogP contribution is -2.34. The predicted octanol–water partition coefficient (Wildman–Crippen LogP) is 5.89. The number of halogens is 2. The molecule has 0 aliphatic carbocycles. The number of ether oxygens (including phenoxy) is 2. The highest BCUT2D eigenvalue weighted by atomic mass is 79.9. The first-order chi connectivity index (χ1) is 16.3. The molecule has 2 rings (SSSR count). The molecule has 35 heavy (non-hydrogen) atoms. The molecule has 0 aromatic heterocycles. The fourth-order valence-electron chi connectivity index (χ4n) is 3.10. The third kappa shape index (κ3) is 9.84. The number of rotatable bonds is 10. The first-order valence-corrected chi connectivity index (χ1v) is 13.2. The minimum absolute atomic E-state index is 0.0362. The van der Waals surface area contributed by atoms with E-state index >= 15 is 0 Å². The Labute approximate surface area is 225 Å². The Bertz CT molecular complexity index is 945. The Kier molecular flexibility index (Phi) is 10.6. The Balaban J connectivity index is 1.63. The fraction of sp³-hybridized carbons (Fsp3) is 0.481. The molecule has 0 saturated heterocycles. The molecule has 0 aliphatic rings. The number of amides is 2. The summed E-state index contributed by atoms with van der Waals surface area (Å²) in [6.07, 6.45) is 0.603. The van der Waals surface area contributed by atoms with Crippen LogP contribution in [0.4, 0.5) is 0 Å². The lowest BCUT2D eigenvalue weighted by atomic mass is 9.87. The van der Waals surface area contributed by atoms with Gasteiger partial charge in [-0.25, -0.2) is 0 Å². The highest BCUT2D eigenvalue weighted by Crippen LogP contribution is 2.32. The van der Waals surface area contributed by atoms with Gasteiger partial charge in [0.15, 0.2) is 13.2 Å². The molecular weight excluding hydrogens is 576 g/mol. The van der Waals surface area contributed by atoms with Gasteiger partial charge in [-0.2, -0.15) is 0 Å². The second kappa shape index (κ2) is 12.8. The van der Waals surface area contributed by atoms with Gasteiger partial charge in [-0.15, -0.1) is 0 Å². The van der Waals surface area contributed by atoms with E-state index in [0.29, 0.717) is 31.0 Å². The summed E-state index contributed by atoms with van der Waals surface area (Å²) >= 11 is 7.02. The summed E-state index contributed by atoms with van der Waals surface area (Å²) < 4.78 is 12.9. The molecule has 6 nitrogen and oxygen atoms in total. The van der Waals surface area contributed by atoms with E-state index in [2.05, 4.69) is 84.0 Å². The Morgan fingerprint density at radius 3 is 1.40 bits per heavy atom. The van der Waals surface area contributed by atoms with Crippen LogP contribution in [0.3, 0.4) is 0 Å². The van der Waals surface area contributed by atoms with Gasteiger partial charge in [-0.3, -0.25) is 9.59 Å². The molecule has 0 fully saturated rings. The summed E-state index contributed by atoms with van der Waals surface area (Å²) in [7, 11) is 0. The van der Waals surface area contributed by atoms with E-state index in [-0.39, 0.29) is 35.9 Å². The van der Waals surface area contributed by atoms with Gasteiger partial charge in [-0.05, 0) is 84.5 Å². The minimum atomic E-state index is -0.213. The van der Waals surface area contributed by atoms with Crippen LogP contribution in [0.2, 0.25) is 0 Å². The molecule has 2 amide bonds. The summed E-state index contributed by atoms with van der Waals surface area (Å²) in [5.74, 6) is 0.824. The van der Waals surface area contributed by atoms with Crippen LogP contribution in [0.15, 0.2) is 45.3 Å². The number of carbonyl (C=O) groups excluding carboxylic acids is 2. The molecular formula is C27H36Br2N2O4. The topological polar surface area (TPSA) is 76.7 Å². The largest absolute Gasteiger partial charge is 0.483 e. The molecule has 0 radical (unpaired) electrons. The number of hydrogen-bond acceptors (Lipinski definition) is 4. The molecule has 2 N–H and O–H groups in total.